The number of nitrogens with one attached hydrogen (secondary N) is 2. The Bertz CT molecular complexity index is 632. The fraction of sp³-hybridized carbons (Fsp3) is 0.200. The van der Waals surface area contributed by atoms with Crippen molar-refractivity contribution >= 4 is 50.7 Å². The molecule has 116 valence electrons. The predicted octanol–water partition coefficient (Wildman–Crippen LogP) is 4.12. The van der Waals surface area contributed by atoms with Crippen molar-refractivity contribution in [2.24, 2.45) is 0 Å². The molecule has 0 bridgehead atoms. The Balaban J connectivity index is 2.06. The van der Waals surface area contributed by atoms with E-state index in [0.29, 0.717) is 0 Å². The van der Waals surface area contributed by atoms with Crippen LogP contribution in [0, 0.1) is 6.92 Å². The summed E-state index contributed by atoms with van der Waals surface area (Å²) in [5.41, 5.74) is 2.23. The zero-order chi connectivity index (χ0) is 16.1. The number of hydrogen-bond donors (Lipinski definition) is 2. The maximum atomic E-state index is 12.2. The number of pyridine rings is 1. The molecule has 0 radical (unpaired) electrons. The number of halogens is 3. The summed E-state index contributed by atoms with van der Waals surface area (Å²) in [5, 5.41) is 5.81. The SMILES string of the molecule is Cc1ccc(NC(NC(=O)c2ccc(Br)cn2)C(Cl)Cl)cc1. The second-order valence-corrected chi connectivity index (χ2v) is 6.74. The van der Waals surface area contributed by atoms with Gasteiger partial charge in [0.2, 0.25) is 0 Å². The minimum Gasteiger partial charge on any atom is -0.363 e. The number of carbonyl (C=O) groups is 1. The largest absolute Gasteiger partial charge is 0.363 e. The molecule has 4 nitrogen and oxygen atoms in total. The second-order valence-electron chi connectivity index (χ2n) is 4.66. The number of aromatic nitrogens is 1. The van der Waals surface area contributed by atoms with Gasteiger partial charge >= 0.3 is 0 Å². The predicted molar refractivity (Wildman–Crippen MR) is 93.5 cm³/mol. The molecule has 2 N–H and O–H groups in total. The highest BCUT2D eigenvalue weighted by Crippen LogP contribution is 2.15. The van der Waals surface area contributed by atoms with Crippen LogP contribution in [0.3, 0.4) is 0 Å². The topological polar surface area (TPSA) is 54.0 Å². The van der Waals surface area contributed by atoms with E-state index in [1.807, 2.05) is 31.2 Å². The molecule has 0 fully saturated rings. The Morgan fingerprint density at radius 3 is 2.41 bits per heavy atom. The first-order valence-corrected chi connectivity index (χ1v) is 8.16. The first kappa shape index (κ1) is 17.1. The summed E-state index contributed by atoms with van der Waals surface area (Å²) in [6.45, 7) is 1.99. The van der Waals surface area contributed by atoms with E-state index < -0.39 is 11.0 Å². The molecule has 1 amide bonds. The van der Waals surface area contributed by atoms with Gasteiger partial charge in [-0.15, -0.1) is 23.2 Å². The number of rotatable bonds is 5. The minimum absolute atomic E-state index is 0.285. The summed E-state index contributed by atoms with van der Waals surface area (Å²) in [6, 6.07) is 11.0. The highest BCUT2D eigenvalue weighted by atomic mass is 79.9. The molecule has 0 aliphatic rings. The first-order chi connectivity index (χ1) is 10.5. The van der Waals surface area contributed by atoms with Crippen molar-refractivity contribution in [1.29, 1.82) is 0 Å². The van der Waals surface area contributed by atoms with Gasteiger partial charge in [-0.3, -0.25) is 4.79 Å². The van der Waals surface area contributed by atoms with Gasteiger partial charge in [-0.1, -0.05) is 17.7 Å². The molecule has 0 saturated carbocycles. The lowest BCUT2D eigenvalue weighted by Gasteiger charge is -2.22. The van der Waals surface area contributed by atoms with E-state index >= 15 is 0 Å². The van der Waals surface area contributed by atoms with Crippen LogP contribution in [0.15, 0.2) is 47.1 Å². The molecule has 0 saturated heterocycles. The molecule has 22 heavy (non-hydrogen) atoms. The van der Waals surface area contributed by atoms with E-state index in [0.717, 1.165) is 15.7 Å². The lowest BCUT2D eigenvalue weighted by Crippen LogP contribution is -2.45. The van der Waals surface area contributed by atoms with Gasteiger partial charge in [-0.2, -0.15) is 0 Å². The quantitative estimate of drug-likeness (QED) is 0.584. The third kappa shape index (κ3) is 4.87. The van der Waals surface area contributed by atoms with Crippen molar-refractivity contribution in [2.45, 2.75) is 17.9 Å². The normalized spacial score (nSPS) is 12.0. The first-order valence-electron chi connectivity index (χ1n) is 6.49. The zero-order valence-electron chi connectivity index (χ0n) is 11.7. The Morgan fingerprint density at radius 2 is 1.86 bits per heavy atom. The third-order valence-corrected chi connectivity index (χ3v) is 3.85. The van der Waals surface area contributed by atoms with E-state index in [1.54, 1.807) is 18.3 Å². The molecule has 0 aliphatic heterocycles. The van der Waals surface area contributed by atoms with Gasteiger partial charge in [0.05, 0.1) is 0 Å². The Morgan fingerprint density at radius 1 is 1.18 bits per heavy atom. The van der Waals surface area contributed by atoms with Crippen LogP contribution in [0.5, 0.6) is 0 Å². The zero-order valence-corrected chi connectivity index (χ0v) is 14.8. The van der Waals surface area contributed by atoms with E-state index in [1.165, 1.54) is 0 Å². The number of anilines is 1. The van der Waals surface area contributed by atoms with Crippen molar-refractivity contribution in [3.8, 4) is 0 Å². The van der Waals surface area contributed by atoms with Crippen LogP contribution >= 0.6 is 39.1 Å². The molecular formula is C15H14BrCl2N3O. The number of amides is 1. The molecular weight excluding hydrogens is 389 g/mol. The Hall–Kier alpha value is -1.30. The molecule has 7 heteroatoms. The molecule has 2 aromatic rings. The molecule has 1 heterocycles. The van der Waals surface area contributed by atoms with Gasteiger partial charge < -0.3 is 10.6 Å². The smallest absolute Gasteiger partial charge is 0.271 e. The monoisotopic (exact) mass is 401 g/mol. The Kier molecular flexibility index (Phi) is 6.06. The fourth-order valence-corrected chi connectivity index (χ4v) is 2.20. The van der Waals surface area contributed by atoms with E-state index in [4.69, 9.17) is 23.2 Å². The number of nitrogens with zero attached hydrogens (tertiary/aromatic N) is 1. The Labute approximate surface area is 147 Å². The van der Waals surface area contributed by atoms with Crippen LogP contribution in [0.25, 0.3) is 0 Å². The molecule has 2 rings (SSSR count). The van der Waals surface area contributed by atoms with Crippen LogP contribution in [0.1, 0.15) is 16.1 Å². The average molecular weight is 403 g/mol. The van der Waals surface area contributed by atoms with Crippen LogP contribution < -0.4 is 10.6 Å². The van der Waals surface area contributed by atoms with Crippen LogP contribution in [-0.2, 0) is 0 Å². The van der Waals surface area contributed by atoms with Gasteiger partial charge in [0.25, 0.3) is 5.91 Å². The summed E-state index contributed by atoms with van der Waals surface area (Å²) in [7, 11) is 0. The van der Waals surface area contributed by atoms with Gasteiger partial charge in [-0.25, -0.2) is 4.98 Å². The highest BCUT2D eigenvalue weighted by molar-refractivity contribution is 9.10. The molecule has 1 atom stereocenters. The van der Waals surface area contributed by atoms with Crippen LogP contribution in [0.2, 0.25) is 0 Å². The van der Waals surface area contributed by atoms with E-state index in [2.05, 4.69) is 31.5 Å². The average Bonchev–Trinajstić information content (AvgIpc) is 2.49. The molecule has 1 aromatic heterocycles. The molecule has 1 unspecified atom stereocenters. The van der Waals surface area contributed by atoms with E-state index in [-0.39, 0.29) is 11.6 Å². The fourth-order valence-electron chi connectivity index (χ4n) is 1.72. The standard InChI is InChI=1S/C15H14BrCl2N3O/c1-9-2-5-11(6-3-9)20-14(13(17)18)21-15(22)12-7-4-10(16)8-19-12/h2-8,13-14,20H,1H3,(H,21,22). The lowest BCUT2D eigenvalue weighted by molar-refractivity contribution is 0.0938. The van der Waals surface area contributed by atoms with Gasteiger partial charge in [0.1, 0.15) is 16.7 Å². The van der Waals surface area contributed by atoms with Gasteiger partial charge in [0.15, 0.2) is 0 Å². The summed E-state index contributed by atoms with van der Waals surface area (Å²) in [6.07, 6.45) is 0.917. The van der Waals surface area contributed by atoms with Crippen molar-refractivity contribution in [1.82, 2.24) is 10.3 Å². The van der Waals surface area contributed by atoms with Gasteiger partial charge in [-0.05, 0) is 47.1 Å². The van der Waals surface area contributed by atoms with Crippen molar-refractivity contribution in [2.75, 3.05) is 5.32 Å². The number of hydrogen-bond acceptors (Lipinski definition) is 3. The summed E-state index contributed by atoms with van der Waals surface area (Å²) in [4.78, 5) is 15.4. The maximum absolute atomic E-state index is 12.2. The van der Waals surface area contributed by atoms with Crippen LogP contribution in [-0.4, -0.2) is 21.9 Å². The lowest BCUT2D eigenvalue weighted by atomic mass is 10.2. The maximum Gasteiger partial charge on any atom is 0.271 e. The summed E-state index contributed by atoms with van der Waals surface area (Å²) >= 11 is 15.2. The third-order valence-electron chi connectivity index (χ3n) is 2.87. The second kappa shape index (κ2) is 7.81. The number of aryl methyl sites for hydroxylation is 1. The molecule has 1 aromatic carbocycles. The van der Waals surface area contributed by atoms with Crippen molar-refractivity contribution in [3.05, 3.63) is 58.3 Å². The van der Waals surface area contributed by atoms with Crippen molar-refractivity contribution in [3.63, 3.8) is 0 Å². The van der Waals surface area contributed by atoms with Crippen LogP contribution in [0.4, 0.5) is 5.69 Å². The summed E-state index contributed by atoms with van der Waals surface area (Å²) < 4.78 is 0.797. The summed E-state index contributed by atoms with van der Waals surface area (Å²) in [5.74, 6) is -0.358. The molecule has 0 aliphatic carbocycles. The van der Waals surface area contributed by atoms with Crippen molar-refractivity contribution < 1.29 is 4.79 Å². The minimum atomic E-state index is -0.819. The number of alkyl halides is 2. The van der Waals surface area contributed by atoms with E-state index in [9.17, 15) is 4.79 Å². The number of carbonyl (C=O) groups excluding carboxylic acids is 1. The highest BCUT2D eigenvalue weighted by Gasteiger charge is 2.20. The number of benzene rings is 1. The van der Waals surface area contributed by atoms with Gasteiger partial charge in [0, 0.05) is 16.4 Å². The molecule has 0 spiro atoms.